The van der Waals surface area contributed by atoms with Crippen molar-refractivity contribution in [3.05, 3.63) is 54.1 Å². The summed E-state index contributed by atoms with van der Waals surface area (Å²) >= 11 is 2.10. The first-order chi connectivity index (χ1) is 20.2. The van der Waals surface area contributed by atoms with Gasteiger partial charge < -0.3 is 23.1 Å². The number of carbonyl (C=O) groups excluding carboxylic acids is 1. The first kappa shape index (κ1) is 37.8. The molecular weight excluding hydrogens is 687 g/mol. The largest absolute Gasteiger partial charge is 0.497 e. The second-order valence-corrected chi connectivity index (χ2v) is 23.0. The Kier molecular flexibility index (Phi) is 14.7. The average molecular weight is 741 g/mol. The Balaban J connectivity index is 2.59. The number of esters is 1. The number of cyclic esters (lactones) is 1. The van der Waals surface area contributed by atoms with Gasteiger partial charge in [-0.15, -0.1) is 0 Å². The molecule has 6 nitrogen and oxygen atoms in total. The van der Waals surface area contributed by atoms with Gasteiger partial charge >= 0.3 is 5.97 Å². The maximum Gasteiger partial charge on any atom is 0.331 e. The van der Waals surface area contributed by atoms with Crippen molar-refractivity contribution in [2.24, 2.45) is 0 Å². The maximum atomic E-state index is 12.0. The van der Waals surface area contributed by atoms with Crippen LogP contribution in [0.15, 0.2) is 48.6 Å². The summed E-state index contributed by atoms with van der Waals surface area (Å²) in [6.45, 7) is 20.4. The molecule has 0 spiro atoms. The summed E-state index contributed by atoms with van der Waals surface area (Å²) < 4.78 is 35.1. The van der Waals surface area contributed by atoms with Crippen molar-refractivity contribution < 1.29 is 27.9 Å². The Morgan fingerprint density at radius 3 is 2.23 bits per heavy atom. The second kappa shape index (κ2) is 16.8. The van der Waals surface area contributed by atoms with Crippen LogP contribution in [-0.2, 0) is 29.7 Å². The lowest BCUT2D eigenvalue weighted by Crippen LogP contribution is -2.53. The number of rotatable bonds is 16. The molecule has 0 radical (unpaired) electrons. The molecule has 0 aliphatic carbocycles. The number of hydrogen-bond acceptors (Lipinski definition) is 6. The first-order valence-electron chi connectivity index (χ1n) is 15.5. The predicted octanol–water partition coefficient (Wildman–Crippen LogP) is 8.97. The Bertz CT molecular complexity index is 1140. The van der Waals surface area contributed by atoms with E-state index in [2.05, 4.69) is 100 Å². The van der Waals surface area contributed by atoms with Crippen molar-refractivity contribution in [3.63, 3.8) is 0 Å². The Labute approximate surface area is 276 Å². The van der Waals surface area contributed by atoms with Crippen LogP contribution in [0.4, 0.5) is 0 Å². The topological polar surface area (TPSA) is 63.2 Å². The third kappa shape index (κ3) is 11.2. The van der Waals surface area contributed by atoms with Gasteiger partial charge in [0.25, 0.3) is 0 Å². The zero-order chi connectivity index (χ0) is 32.3. The average Bonchev–Trinajstić information content (AvgIpc) is 2.96. The fourth-order valence-corrected chi connectivity index (χ4v) is 9.53. The van der Waals surface area contributed by atoms with Crippen molar-refractivity contribution in [2.75, 3.05) is 7.11 Å². The molecule has 0 bridgehead atoms. The second-order valence-electron chi connectivity index (χ2n) is 13.0. The van der Waals surface area contributed by atoms with Crippen LogP contribution in [0.25, 0.3) is 0 Å². The fourth-order valence-electron chi connectivity index (χ4n) is 4.90. The number of ether oxygens (including phenoxy) is 3. The van der Waals surface area contributed by atoms with E-state index in [1.165, 1.54) is 6.08 Å². The van der Waals surface area contributed by atoms with Crippen LogP contribution < -0.4 is 4.74 Å². The molecule has 0 aromatic heterocycles. The smallest absolute Gasteiger partial charge is 0.331 e. The van der Waals surface area contributed by atoms with Crippen molar-refractivity contribution >= 4 is 45.2 Å². The van der Waals surface area contributed by atoms with Gasteiger partial charge in [0.1, 0.15) is 18.0 Å². The van der Waals surface area contributed by atoms with Crippen LogP contribution in [0.1, 0.15) is 66.9 Å². The SMILES string of the molecule is CC[Si](CC)(CC)O[C@](C)(/C=C/[C@H]1CC=CC(=O)O1)[C@@H](C[C@H](C#CI)O[Si](C)(C)C(C)(C)C)OCc1ccc(OC)cc1. The van der Waals surface area contributed by atoms with Gasteiger partial charge in [0.2, 0.25) is 0 Å². The molecule has 0 unspecified atom stereocenters. The van der Waals surface area contributed by atoms with E-state index in [4.69, 9.17) is 23.1 Å². The van der Waals surface area contributed by atoms with Crippen LogP contribution in [0, 0.1) is 9.85 Å². The molecule has 9 heteroatoms. The van der Waals surface area contributed by atoms with E-state index in [-0.39, 0.29) is 29.3 Å². The summed E-state index contributed by atoms with van der Waals surface area (Å²) in [4.78, 5) is 12.0. The molecule has 0 N–H and O–H groups in total. The van der Waals surface area contributed by atoms with Crippen molar-refractivity contribution in [1.29, 1.82) is 0 Å². The van der Waals surface area contributed by atoms with Crippen molar-refractivity contribution in [2.45, 2.75) is 128 Å². The summed E-state index contributed by atoms with van der Waals surface area (Å²) in [5, 5.41) is 0.0322. The molecule has 0 fully saturated rings. The Morgan fingerprint density at radius 2 is 1.72 bits per heavy atom. The predicted molar refractivity (Wildman–Crippen MR) is 190 cm³/mol. The van der Waals surface area contributed by atoms with Crippen molar-refractivity contribution in [1.82, 2.24) is 0 Å². The van der Waals surface area contributed by atoms with Gasteiger partial charge in [0.05, 0.1) is 25.4 Å². The molecule has 0 amide bonds. The molecule has 1 aromatic rings. The van der Waals surface area contributed by atoms with Crippen LogP contribution >= 0.6 is 22.6 Å². The number of halogens is 1. The molecule has 1 heterocycles. The van der Waals surface area contributed by atoms with Crippen LogP contribution in [0.5, 0.6) is 5.75 Å². The van der Waals surface area contributed by atoms with Gasteiger partial charge in [-0.3, -0.25) is 0 Å². The third-order valence-electron chi connectivity index (χ3n) is 9.04. The van der Waals surface area contributed by atoms with Crippen LogP contribution in [0.2, 0.25) is 36.3 Å². The van der Waals surface area contributed by atoms with E-state index >= 15 is 0 Å². The highest BCUT2D eigenvalue weighted by Gasteiger charge is 2.45. The molecule has 1 aromatic carbocycles. The Hall–Kier alpha value is -1.43. The number of carbonyl (C=O) groups is 1. The monoisotopic (exact) mass is 740 g/mol. The lowest BCUT2D eigenvalue weighted by Gasteiger charge is -2.45. The summed E-state index contributed by atoms with van der Waals surface area (Å²) in [6.07, 6.45) is 7.49. The molecule has 1 aliphatic heterocycles. The molecule has 0 saturated heterocycles. The summed E-state index contributed by atoms with van der Waals surface area (Å²) in [6, 6.07) is 10.9. The lowest BCUT2D eigenvalue weighted by molar-refractivity contribution is -0.141. The third-order valence-corrected chi connectivity index (χ3v) is 18.6. The van der Waals surface area contributed by atoms with Gasteiger partial charge in [-0.05, 0) is 70.9 Å². The van der Waals surface area contributed by atoms with Crippen LogP contribution in [0.3, 0.4) is 0 Å². The molecular formula is C34H53IO6Si2. The molecule has 43 heavy (non-hydrogen) atoms. The zero-order valence-electron chi connectivity index (χ0n) is 27.9. The van der Waals surface area contributed by atoms with E-state index in [0.29, 0.717) is 19.4 Å². The molecule has 240 valence electrons. The first-order valence-corrected chi connectivity index (χ1v) is 22.0. The summed E-state index contributed by atoms with van der Waals surface area (Å²) in [5.74, 6) is 3.83. The quantitative estimate of drug-likeness (QED) is 0.0555. The Morgan fingerprint density at radius 1 is 1.09 bits per heavy atom. The minimum Gasteiger partial charge on any atom is -0.497 e. The van der Waals surface area contributed by atoms with E-state index in [0.717, 1.165) is 29.4 Å². The van der Waals surface area contributed by atoms with E-state index < -0.39 is 22.2 Å². The van der Waals surface area contributed by atoms with Gasteiger partial charge in [0.15, 0.2) is 16.6 Å². The standard InChI is InChI=1S/C34H53IO6Si2/c1-11-43(12-2,13-3)41-34(7,23-21-29-15-14-16-32(36)39-29)31(38-26-27-17-19-28(37-8)20-18-27)25-30(22-24-35)40-42(9,10)33(4,5)6/h14,16-21,23,29-31H,11-13,15,25-26H2,1-10H3/b23-21+/t29-,30+,31-,34-/m1/s1. The highest BCUT2D eigenvalue weighted by molar-refractivity contribution is 14.1. The molecule has 4 atom stereocenters. The minimum absolute atomic E-state index is 0.0322. The molecule has 0 saturated carbocycles. The van der Waals surface area contributed by atoms with E-state index in [1.807, 2.05) is 36.4 Å². The number of methoxy groups -OCH3 is 1. The normalized spacial score (nSPS) is 18.9. The van der Waals surface area contributed by atoms with E-state index in [1.54, 1.807) is 7.11 Å². The summed E-state index contributed by atoms with van der Waals surface area (Å²) in [5.41, 5.74) is 0.228. The van der Waals surface area contributed by atoms with Crippen LogP contribution in [-0.4, -0.2) is 53.6 Å². The maximum absolute atomic E-state index is 12.0. The molecule has 2 rings (SSSR count). The highest BCUT2D eigenvalue weighted by Crippen LogP contribution is 2.39. The number of hydrogen-bond donors (Lipinski definition) is 0. The van der Waals surface area contributed by atoms with Gasteiger partial charge in [0, 0.05) is 41.5 Å². The minimum atomic E-state index is -2.14. The highest BCUT2D eigenvalue weighted by atomic mass is 127. The summed E-state index contributed by atoms with van der Waals surface area (Å²) in [7, 11) is -2.60. The molecule has 1 aliphatic rings. The van der Waals surface area contributed by atoms with Gasteiger partial charge in [-0.2, -0.15) is 0 Å². The van der Waals surface area contributed by atoms with Gasteiger partial charge in [-0.25, -0.2) is 4.79 Å². The lowest BCUT2D eigenvalue weighted by atomic mass is 9.92. The van der Waals surface area contributed by atoms with Crippen molar-refractivity contribution in [3.8, 4) is 15.6 Å². The fraction of sp³-hybridized carbons (Fsp3) is 0.618. The van der Waals surface area contributed by atoms with Gasteiger partial charge in [-0.1, -0.05) is 71.7 Å². The number of benzene rings is 1. The zero-order valence-corrected chi connectivity index (χ0v) is 32.1. The van der Waals surface area contributed by atoms with E-state index in [9.17, 15) is 4.79 Å².